The van der Waals surface area contributed by atoms with Crippen molar-refractivity contribution in [2.75, 3.05) is 46.8 Å². The van der Waals surface area contributed by atoms with E-state index < -0.39 is 12.1 Å². The topological polar surface area (TPSA) is 93.2 Å². The van der Waals surface area contributed by atoms with Gasteiger partial charge in [-0.1, -0.05) is 0 Å². The molecular formula is C18H25F3N4O4S. The molecule has 2 aliphatic rings. The van der Waals surface area contributed by atoms with Gasteiger partial charge in [0.15, 0.2) is 0 Å². The second kappa shape index (κ2) is 9.65. The fourth-order valence-electron chi connectivity index (χ4n) is 3.55. The number of carbonyl (C=O) groups is 3. The van der Waals surface area contributed by atoms with Crippen molar-refractivity contribution in [2.45, 2.75) is 19.1 Å². The fraction of sp³-hybridized carbons (Fsp3) is 0.611. The molecule has 3 amide bonds. The van der Waals surface area contributed by atoms with Crippen LogP contribution < -0.4 is 5.32 Å². The van der Waals surface area contributed by atoms with Crippen LogP contribution in [-0.4, -0.2) is 90.7 Å². The molecule has 1 aromatic heterocycles. The van der Waals surface area contributed by atoms with Crippen LogP contribution in [0.15, 0.2) is 16.8 Å². The third kappa shape index (κ3) is 6.59. The van der Waals surface area contributed by atoms with Gasteiger partial charge >= 0.3 is 18.2 Å². The zero-order chi connectivity index (χ0) is 22.5. The van der Waals surface area contributed by atoms with Gasteiger partial charge in [-0.2, -0.15) is 24.5 Å². The molecule has 0 aliphatic carbocycles. The Morgan fingerprint density at radius 3 is 2.43 bits per heavy atom. The van der Waals surface area contributed by atoms with Crippen LogP contribution in [0.4, 0.5) is 18.0 Å². The normalized spacial score (nSPS) is 22.2. The molecule has 3 heterocycles. The van der Waals surface area contributed by atoms with E-state index in [1.807, 2.05) is 4.90 Å². The highest BCUT2D eigenvalue weighted by Gasteiger charge is 2.44. The number of amides is 3. The first-order valence-corrected chi connectivity index (χ1v) is 10.1. The average Bonchev–Trinajstić information content (AvgIpc) is 3.23. The van der Waals surface area contributed by atoms with Gasteiger partial charge in [0, 0.05) is 65.2 Å². The number of carbonyl (C=O) groups excluding carboxylic acids is 2. The highest BCUT2D eigenvalue weighted by molar-refractivity contribution is 7.07. The van der Waals surface area contributed by atoms with Gasteiger partial charge in [0.25, 0.3) is 0 Å². The summed E-state index contributed by atoms with van der Waals surface area (Å²) in [6.45, 7) is 4.57. The molecule has 1 spiro atoms. The lowest BCUT2D eigenvalue weighted by molar-refractivity contribution is -0.192. The minimum absolute atomic E-state index is 0.0288. The number of thiophene rings is 1. The monoisotopic (exact) mass is 450 g/mol. The van der Waals surface area contributed by atoms with Crippen molar-refractivity contribution < 1.29 is 32.7 Å². The van der Waals surface area contributed by atoms with Crippen molar-refractivity contribution in [3.63, 3.8) is 0 Å². The Balaban J connectivity index is 0.000000396. The van der Waals surface area contributed by atoms with Crippen molar-refractivity contribution in [1.29, 1.82) is 0 Å². The van der Waals surface area contributed by atoms with E-state index in [9.17, 15) is 22.8 Å². The Hall–Kier alpha value is -2.34. The van der Waals surface area contributed by atoms with Crippen LogP contribution in [0.1, 0.15) is 12.0 Å². The first kappa shape index (κ1) is 23.9. The van der Waals surface area contributed by atoms with Gasteiger partial charge in [0.1, 0.15) is 0 Å². The minimum Gasteiger partial charge on any atom is -0.475 e. The molecule has 2 N–H and O–H groups in total. The largest absolute Gasteiger partial charge is 0.490 e. The van der Waals surface area contributed by atoms with Crippen molar-refractivity contribution in [2.24, 2.45) is 5.41 Å². The van der Waals surface area contributed by atoms with Gasteiger partial charge in [-0.05, 0) is 22.4 Å². The van der Waals surface area contributed by atoms with Crippen LogP contribution in [0.2, 0.25) is 0 Å². The van der Waals surface area contributed by atoms with Crippen LogP contribution in [0.5, 0.6) is 0 Å². The van der Waals surface area contributed by atoms with E-state index in [1.165, 1.54) is 5.56 Å². The van der Waals surface area contributed by atoms with E-state index in [2.05, 4.69) is 27.0 Å². The van der Waals surface area contributed by atoms with Gasteiger partial charge in [0.2, 0.25) is 5.91 Å². The summed E-state index contributed by atoms with van der Waals surface area (Å²) < 4.78 is 31.7. The molecule has 1 atom stereocenters. The first-order chi connectivity index (χ1) is 13.9. The number of carboxylic acid groups (broad SMARTS) is 1. The predicted molar refractivity (Wildman–Crippen MR) is 104 cm³/mol. The smallest absolute Gasteiger partial charge is 0.475 e. The third-order valence-corrected chi connectivity index (χ3v) is 5.58. The summed E-state index contributed by atoms with van der Waals surface area (Å²) in [5.41, 5.74) is 1.13. The molecule has 1 aromatic rings. The van der Waals surface area contributed by atoms with Crippen molar-refractivity contribution in [3.8, 4) is 0 Å². The standard InChI is InChI=1S/C16H24N4O2S.C2HF3O2/c1-18(2)15(22)20-5-4-19(8-13-3-6-23-9-13)11-16(12-20)7-14(21)17-10-16;3-2(4,5)1(6)7/h3,6,9H,4-5,7-8,10-12H2,1-2H3,(H,17,21);(H,6,7). The van der Waals surface area contributed by atoms with E-state index in [-0.39, 0.29) is 17.4 Å². The molecule has 30 heavy (non-hydrogen) atoms. The van der Waals surface area contributed by atoms with Crippen LogP contribution in [0, 0.1) is 5.41 Å². The average molecular weight is 450 g/mol. The summed E-state index contributed by atoms with van der Waals surface area (Å²) in [6, 6.07) is 2.17. The zero-order valence-corrected chi connectivity index (χ0v) is 17.6. The number of halogens is 3. The molecule has 0 radical (unpaired) electrons. The number of alkyl halides is 3. The summed E-state index contributed by atoms with van der Waals surface area (Å²) in [4.78, 5) is 39.0. The van der Waals surface area contributed by atoms with Gasteiger partial charge in [-0.15, -0.1) is 0 Å². The van der Waals surface area contributed by atoms with Crippen LogP contribution in [0.3, 0.4) is 0 Å². The van der Waals surface area contributed by atoms with Gasteiger partial charge in [0.05, 0.1) is 0 Å². The summed E-state index contributed by atoms with van der Waals surface area (Å²) >= 11 is 1.70. The van der Waals surface area contributed by atoms with Crippen LogP contribution in [0.25, 0.3) is 0 Å². The SMILES string of the molecule is CN(C)C(=O)N1CCN(Cc2ccsc2)CC2(CNC(=O)C2)C1.O=C(O)C(F)(F)F. The molecule has 1 unspecified atom stereocenters. The maximum absolute atomic E-state index is 12.4. The summed E-state index contributed by atoms with van der Waals surface area (Å²) in [5.74, 6) is -2.66. The number of carboxylic acids is 1. The molecule has 12 heteroatoms. The number of rotatable bonds is 2. The lowest BCUT2D eigenvalue weighted by atomic mass is 9.86. The quantitative estimate of drug-likeness (QED) is 0.715. The van der Waals surface area contributed by atoms with Crippen LogP contribution in [-0.2, 0) is 16.1 Å². The molecule has 0 bridgehead atoms. The fourth-order valence-corrected chi connectivity index (χ4v) is 4.21. The molecule has 0 saturated carbocycles. The number of nitrogens with zero attached hydrogens (tertiary/aromatic N) is 3. The maximum Gasteiger partial charge on any atom is 0.490 e. The van der Waals surface area contributed by atoms with Crippen molar-refractivity contribution >= 4 is 29.2 Å². The lowest BCUT2D eigenvalue weighted by Gasteiger charge is -2.33. The maximum atomic E-state index is 12.4. The molecule has 3 rings (SSSR count). The molecular weight excluding hydrogens is 425 g/mol. The summed E-state index contributed by atoms with van der Waals surface area (Å²) in [7, 11) is 3.56. The van der Waals surface area contributed by atoms with E-state index in [0.29, 0.717) is 26.1 Å². The van der Waals surface area contributed by atoms with Crippen molar-refractivity contribution in [3.05, 3.63) is 22.4 Å². The van der Waals surface area contributed by atoms with Gasteiger partial charge < -0.3 is 20.2 Å². The summed E-state index contributed by atoms with van der Waals surface area (Å²) in [5, 5.41) is 14.3. The second-order valence-corrected chi connectivity index (χ2v) is 8.48. The molecule has 2 fully saturated rings. The highest BCUT2D eigenvalue weighted by atomic mass is 32.1. The van der Waals surface area contributed by atoms with Gasteiger partial charge in [-0.25, -0.2) is 9.59 Å². The Morgan fingerprint density at radius 2 is 1.97 bits per heavy atom. The van der Waals surface area contributed by atoms with E-state index >= 15 is 0 Å². The molecule has 2 saturated heterocycles. The minimum atomic E-state index is -5.08. The van der Waals surface area contributed by atoms with E-state index in [0.717, 1.165) is 19.6 Å². The number of aliphatic carboxylic acids is 1. The van der Waals surface area contributed by atoms with E-state index in [1.54, 1.807) is 30.3 Å². The zero-order valence-electron chi connectivity index (χ0n) is 16.7. The number of hydrogen-bond acceptors (Lipinski definition) is 5. The van der Waals surface area contributed by atoms with E-state index in [4.69, 9.17) is 9.90 Å². The van der Waals surface area contributed by atoms with Crippen LogP contribution >= 0.6 is 11.3 Å². The number of nitrogens with one attached hydrogen (secondary N) is 1. The molecule has 0 aromatic carbocycles. The summed E-state index contributed by atoms with van der Waals surface area (Å²) in [6.07, 6.45) is -4.58. The molecule has 2 aliphatic heterocycles. The highest BCUT2D eigenvalue weighted by Crippen LogP contribution is 2.31. The second-order valence-electron chi connectivity index (χ2n) is 7.70. The molecule has 8 nitrogen and oxygen atoms in total. The third-order valence-electron chi connectivity index (χ3n) is 4.85. The van der Waals surface area contributed by atoms with Gasteiger partial charge in [-0.3, -0.25) is 9.69 Å². The Labute approximate surface area is 176 Å². The first-order valence-electron chi connectivity index (χ1n) is 9.18. The van der Waals surface area contributed by atoms with Crippen molar-refractivity contribution in [1.82, 2.24) is 20.0 Å². The lowest BCUT2D eigenvalue weighted by Crippen LogP contribution is -2.47. The Morgan fingerprint density at radius 1 is 1.30 bits per heavy atom. The molecule has 168 valence electrons. The number of urea groups is 1. The predicted octanol–water partition coefficient (Wildman–Crippen LogP) is 1.69. The number of hydrogen-bond donors (Lipinski definition) is 2. The Bertz CT molecular complexity index is 757. The Kier molecular flexibility index (Phi) is 7.70.